The summed E-state index contributed by atoms with van der Waals surface area (Å²) in [6.07, 6.45) is 2.82. The van der Waals surface area contributed by atoms with E-state index >= 15 is 0 Å². The van der Waals surface area contributed by atoms with Gasteiger partial charge in [0, 0.05) is 24.9 Å². The van der Waals surface area contributed by atoms with E-state index in [0.717, 1.165) is 37.3 Å². The van der Waals surface area contributed by atoms with E-state index in [1.54, 1.807) is 6.08 Å². The normalized spacial score (nSPS) is 22.8. The molecule has 0 N–H and O–H groups in total. The Hall–Kier alpha value is -1.57. The molecule has 1 aromatic rings. The molecular weight excluding hydrogens is 256 g/mol. The molecule has 0 saturated carbocycles. The van der Waals surface area contributed by atoms with Crippen LogP contribution in [0.1, 0.15) is 12.0 Å². The zero-order chi connectivity index (χ0) is 13.2. The molecule has 0 amide bonds. The van der Waals surface area contributed by atoms with E-state index in [-0.39, 0.29) is 5.12 Å². The lowest BCUT2D eigenvalue weighted by Crippen LogP contribution is -2.35. The van der Waals surface area contributed by atoms with Crippen molar-refractivity contribution in [2.75, 3.05) is 13.1 Å². The quantitative estimate of drug-likeness (QED) is 0.772. The van der Waals surface area contributed by atoms with Crippen LogP contribution in [0.3, 0.4) is 0 Å². The molecule has 96 valence electrons. The highest BCUT2D eigenvalue weighted by Gasteiger charge is 2.30. The summed E-state index contributed by atoms with van der Waals surface area (Å²) in [5.41, 5.74) is 3.06. The van der Waals surface area contributed by atoms with Crippen molar-refractivity contribution >= 4 is 22.6 Å². The second kappa shape index (κ2) is 5.20. The predicted octanol–water partition coefficient (Wildman–Crippen LogP) is 3.01. The van der Waals surface area contributed by atoms with Crippen molar-refractivity contribution in [1.29, 1.82) is 0 Å². The SMILES string of the molecule is [C-]#[N+]c1ccccc1CN1CCC2SC(=O)C=C2C1. The van der Waals surface area contributed by atoms with Gasteiger partial charge in [-0.3, -0.25) is 9.69 Å². The second-order valence-corrected chi connectivity index (χ2v) is 6.09. The highest BCUT2D eigenvalue weighted by Crippen LogP contribution is 2.35. The van der Waals surface area contributed by atoms with Gasteiger partial charge in [0.25, 0.3) is 0 Å². The highest BCUT2D eigenvalue weighted by molar-refractivity contribution is 8.15. The lowest BCUT2D eigenvalue weighted by molar-refractivity contribution is -0.106. The van der Waals surface area contributed by atoms with Crippen molar-refractivity contribution in [3.63, 3.8) is 0 Å². The Kier molecular flexibility index (Phi) is 3.41. The number of carbonyl (C=O) groups excluding carboxylic acids is 1. The first-order valence-electron chi connectivity index (χ1n) is 6.35. The number of hydrogen-bond acceptors (Lipinski definition) is 3. The topological polar surface area (TPSA) is 24.7 Å². The molecule has 2 aliphatic rings. The molecule has 4 heteroatoms. The van der Waals surface area contributed by atoms with Crippen molar-refractivity contribution in [3.05, 3.63) is 52.9 Å². The van der Waals surface area contributed by atoms with E-state index in [1.807, 2.05) is 24.3 Å². The third-order valence-corrected chi connectivity index (χ3v) is 4.77. The van der Waals surface area contributed by atoms with Crippen LogP contribution in [0, 0.1) is 6.57 Å². The van der Waals surface area contributed by atoms with Crippen molar-refractivity contribution in [2.45, 2.75) is 18.2 Å². The van der Waals surface area contributed by atoms with Gasteiger partial charge in [0.15, 0.2) is 5.69 Å². The van der Waals surface area contributed by atoms with Crippen LogP contribution in [0.15, 0.2) is 35.9 Å². The van der Waals surface area contributed by atoms with Crippen molar-refractivity contribution in [1.82, 2.24) is 4.90 Å². The molecule has 0 spiro atoms. The lowest BCUT2D eigenvalue weighted by atomic mass is 10.0. The van der Waals surface area contributed by atoms with Gasteiger partial charge in [-0.1, -0.05) is 36.0 Å². The van der Waals surface area contributed by atoms with E-state index in [9.17, 15) is 4.79 Å². The first kappa shape index (κ1) is 12.5. The number of likely N-dealkylation sites (tertiary alicyclic amines) is 1. The largest absolute Gasteiger partial charge is 0.296 e. The molecule has 0 aromatic heterocycles. The summed E-state index contributed by atoms with van der Waals surface area (Å²) >= 11 is 1.46. The number of carbonyl (C=O) groups is 1. The van der Waals surface area contributed by atoms with Gasteiger partial charge >= 0.3 is 0 Å². The molecule has 1 atom stereocenters. The Morgan fingerprint density at radius 3 is 3.11 bits per heavy atom. The number of hydrogen-bond donors (Lipinski definition) is 0. The molecule has 1 fully saturated rings. The third-order valence-electron chi connectivity index (χ3n) is 3.59. The average Bonchev–Trinajstić information content (AvgIpc) is 2.79. The number of fused-ring (bicyclic) bond motifs is 1. The standard InChI is InChI=1S/C15H14N2OS/c1-16-13-5-3-2-4-11(13)9-17-7-6-14-12(10-17)8-15(18)19-14/h2-5,8,14H,6-7,9-10H2. The van der Waals surface area contributed by atoms with Gasteiger partial charge in [-0.05, 0) is 23.6 Å². The van der Waals surface area contributed by atoms with E-state index in [4.69, 9.17) is 6.57 Å². The fraction of sp³-hybridized carbons (Fsp3) is 0.333. The summed E-state index contributed by atoms with van der Waals surface area (Å²) < 4.78 is 0. The number of para-hydroxylation sites is 1. The molecule has 2 aliphatic heterocycles. The number of nitrogens with zero attached hydrogens (tertiary/aromatic N) is 2. The van der Waals surface area contributed by atoms with Crippen LogP contribution in [0.2, 0.25) is 0 Å². The smallest absolute Gasteiger partial charge is 0.212 e. The Bertz CT molecular complexity index is 588. The van der Waals surface area contributed by atoms with Gasteiger partial charge in [-0.15, -0.1) is 0 Å². The molecule has 0 aliphatic carbocycles. The first-order chi connectivity index (χ1) is 9.26. The minimum absolute atomic E-state index is 0.198. The molecule has 19 heavy (non-hydrogen) atoms. The van der Waals surface area contributed by atoms with Crippen LogP contribution in [0.5, 0.6) is 0 Å². The summed E-state index contributed by atoms with van der Waals surface area (Å²) in [5.74, 6) is 0. The molecule has 1 aromatic carbocycles. The summed E-state index contributed by atoms with van der Waals surface area (Å²) in [6.45, 7) is 9.84. The summed E-state index contributed by atoms with van der Waals surface area (Å²) in [4.78, 5) is 17.3. The monoisotopic (exact) mass is 270 g/mol. The molecular formula is C15H14N2OS. The zero-order valence-corrected chi connectivity index (χ0v) is 11.3. The molecule has 1 saturated heterocycles. The van der Waals surface area contributed by atoms with Gasteiger partial charge < -0.3 is 0 Å². The maximum atomic E-state index is 11.4. The van der Waals surface area contributed by atoms with E-state index in [1.165, 1.54) is 17.3 Å². The molecule has 1 unspecified atom stereocenters. The van der Waals surface area contributed by atoms with Gasteiger partial charge in [-0.25, -0.2) is 4.85 Å². The van der Waals surface area contributed by atoms with E-state index < -0.39 is 0 Å². The molecule has 3 rings (SSSR count). The van der Waals surface area contributed by atoms with Crippen molar-refractivity contribution in [3.8, 4) is 0 Å². The Balaban J connectivity index is 1.73. The number of piperidine rings is 1. The summed E-state index contributed by atoms with van der Waals surface area (Å²) in [6, 6.07) is 7.76. The molecule has 0 radical (unpaired) electrons. The zero-order valence-electron chi connectivity index (χ0n) is 10.5. The van der Waals surface area contributed by atoms with Crippen LogP contribution < -0.4 is 0 Å². The van der Waals surface area contributed by atoms with Crippen LogP contribution in [0.25, 0.3) is 4.85 Å². The first-order valence-corrected chi connectivity index (χ1v) is 7.23. The van der Waals surface area contributed by atoms with Gasteiger partial charge in [-0.2, -0.15) is 0 Å². The summed E-state index contributed by atoms with van der Waals surface area (Å²) in [7, 11) is 0. The Morgan fingerprint density at radius 2 is 2.26 bits per heavy atom. The Labute approximate surface area is 117 Å². The van der Waals surface area contributed by atoms with Gasteiger partial charge in [0.1, 0.15) is 0 Å². The fourth-order valence-corrected chi connectivity index (χ4v) is 3.67. The molecule has 0 bridgehead atoms. The number of thioether (sulfide) groups is 1. The van der Waals surface area contributed by atoms with Crippen molar-refractivity contribution < 1.29 is 4.79 Å². The van der Waals surface area contributed by atoms with Crippen LogP contribution in [-0.2, 0) is 11.3 Å². The van der Waals surface area contributed by atoms with Crippen LogP contribution in [0.4, 0.5) is 5.69 Å². The minimum atomic E-state index is 0.198. The van der Waals surface area contributed by atoms with Gasteiger partial charge in [0.2, 0.25) is 5.12 Å². The minimum Gasteiger partial charge on any atom is -0.296 e. The maximum absolute atomic E-state index is 11.4. The van der Waals surface area contributed by atoms with E-state index in [0.29, 0.717) is 5.25 Å². The lowest BCUT2D eigenvalue weighted by Gasteiger charge is -2.31. The Morgan fingerprint density at radius 1 is 1.42 bits per heavy atom. The van der Waals surface area contributed by atoms with Gasteiger partial charge in [0.05, 0.1) is 6.57 Å². The maximum Gasteiger partial charge on any atom is 0.212 e. The predicted molar refractivity (Wildman–Crippen MR) is 77.1 cm³/mol. The highest BCUT2D eigenvalue weighted by atomic mass is 32.2. The number of rotatable bonds is 2. The average molecular weight is 270 g/mol. The second-order valence-electron chi connectivity index (χ2n) is 4.88. The van der Waals surface area contributed by atoms with Crippen molar-refractivity contribution in [2.24, 2.45) is 0 Å². The summed E-state index contributed by atoms with van der Waals surface area (Å²) in [5, 5.41) is 0.600. The number of benzene rings is 1. The third kappa shape index (κ3) is 2.58. The fourth-order valence-electron chi connectivity index (χ4n) is 2.65. The molecule has 2 heterocycles. The molecule has 3 nitrogen and oxygen atoms in total. The van der Waals surface area contributed by atoms with E-state index in [2.05, 4.69) is 9.74 Å². The van der Waals surface area contributed by atoms with Crippen LogP contribution >= 0.6 is 11.8 Å². The van der Waals surface area contributed by atoms with Crippen LogP contribution in [-0.4, -0.2) is 28.4 Å².